The van der Waals surface area contributed by atoms with Gasteiger partial charge in [0.25, 0.3) is 0 Å². The molecule has 0 unspecified atom stereocenters. The summed E-state index contributed by atoms with van der Waals surface area (Å²) in [7, 11) is 0. The van der Waals surface area contributed by atoms with Gasteiger partial charge in [0.15, 0.2) is 0 Å². The van der Waals surface area contributed by atoms with Crippen LogP contribution in [0.2, 0.25) is 0 Å². The van der Waals surface area contributed by atoms with E-state index in [1.807, 2.05) is 12.3 Å². The summed E-state index contributed by atoms with van der Waals surface area (Å²) in [6.07, 6.45) is 5.45. The van der Waals surface area contributed by atoms with Crippen LogP contribution >= 0.6 is 0 Å². The summed E-state index contributed by atoms with van der Waals surface area (Å²) >= 11 is 0. The molecule has 0 amide bonds. The van der Waals surface area contributed by atoms with Crippen molar-refractivity contribution in [1.29, 1.82) is 0 Å². The van der Waals surface area contributed by atoms with Gasteiger partial charge >= 0.3 is 0 Å². The van der Waals surface area contributed by atoms with E-state index in [-0.39, 0.29) is 6.61 Å². The Balaban J connectivity index is 2.42. The molecule has 0 aliphatic rings. The highest BCUT2D eigenvalue weighted by molar-refractivity contribution is 5.53. The number of hydrogen-bond acceptors (Lipinski definition) is 4. The Kier molecular flexibility index (Phi) is 5.55. The molecule has 0 saturated carbocycles. The zero-order valence-corrected chi connectivity index (χ0v) is 9.16. The molecule has 0 aliphatic carbocycles. The SMILES string of the molecule is CCCNc1cncc(NCCCO)c1. The molecule has 0 aromatic carbocycles. The molecule has 4 heteroatoms. The van der Waals surface area contributed by atoms with Crippen LogP contribution in [0.4, 0.5) is 11.4 Å². The minimum absolute atomic E-state index is 0.216. The highest BCUT2D eigenvalue weighted by Crippen LogP contribution is 2.12. The highest BCUT2D eigenvalue weighted by Gasteiger charge is 1.95. The topological polar surface area (TPSA) is 57.2 Å². The van der Waals surface area contributed by atoms with E-state index < -0.39 is 0 Å². The van der Waals surface area contributed by atoms with E-state index in [1.54, 1.807) is 6.20 Å². The van der Waals surface area contributed by atoms with Crippen LogP contribution in [0.3, 0.4) is 0 Å². The molecule has 15 heavy (non-hydrogen) atoms. The van der Waals surface area contributed by atoms with Crippen LogP contribution in [0, 0.1) is 0 Å². The monoisotopic (exact) mass is 209 g/mol. The van der Waals surface area contributed by atoms with Crippen LogP contribution in [-0.2, 0) is 0 Å². The molecule has 1 aromatic rings. The summed E-state index contributed by atoms with van der Waals surface area (Å²) in [5, 5.41) is 15.1. The third kappa shape index (κ3) is 4.65. The smallest absolute Gasteiger partial charge is 0.0547 e. The van der Waals surface area contributed by atoms with E-state index in [2.05, 4.69) is 22.5 Å². The molecule has 0 fully saturated rings. The highest BCUT2D eigenvalue weighted by atomic mass is 16.3. The van der Waals surface area contributed by atoms with Crippen molar-refractivity contribution in [3.8, 4) is 0 Å². The standard InChI is InChI=1S/C11H19N3O/c1-2-4-13-10-7-11(9-12-8-10)14-5-3-6-15/h7-9,13-15H,2-6H2,1H3. The maximum Gasteiger partial charge on any atom is 0.0547 e. The maximum absolute atomic E-state index is 8.65. The van der Waals surface area contributed by atoms with Crippen molar-refractivity contribution in [3.05, 3.63) is 18.5 Å². The lowest BCUT2D eigenvalue weighted by Crippen LogP contribution is -2.05. The molecular formula is C11H19N3O. The van der Waals surface area contributed by atoms with Gasteiger partial charge in [0.2, 0.25) is 0 Å². The first-order valence-electron chi connectivity index (χ1n) is 5.40. The third-order valence-corrected chi connectivity index (χ3v) is 1.98. The molecule has 0 radical (unpaired) electrons. The number of aromatic nitrogens is 1. The second-order valence-corrected chi connectivity index (χ2v) is 3.39. The minimum Gasteiger partial charge on any atom is -0.396 e. The van der Waals surface area contributed by atoms with Gasteiger partial charge in [-0.05, 0) is 18.9 Å². The fourth-order valence-corrected chi connectivity index (χ4v) is 1.21. The molecular weight excluding hydrogens is 190 g/mol. The number of hydrogen-bond donors (Lipinski definition) is 3. The average molecular weight is 209 g/mol. The van der Waals surface area contributed by atoms with Crippen molar-refractivity contribution >= 4 is 11.4 Å². The Morgan fingerprint density at radius 2 is 1.87 bits per heavy atom. The fraction of sp³-hybridized carbons (Fsp3) is 0.545. The quantitative estimate of drug-likeness (QED) is 0.598. The maximum atomic E-state index is 8.65. The van der Waals surface area contributed by atoms with Crippen LogP contribution in [-0.4, -0.2) is 29.8 Å². The molecule has 1 aromatic heterocycles. The van der Waals surface area contributed by atoms with Gasteiger partial charge < -0.3 is 15.7 Å². The van der Waals surface area contributed by atoms with Gasteiger partial charge in [0.1, 0.15) is 0 Å². The lowest BCUT2D eigenvalue weighted by atomic mass is 10.3. The molecule has 0 atom stereocenters. The van der Waals surface area contributed by atoms with E-state index in [4.69, 9.17) is 5.11 Å². The Hall–Kier alpha value is -1.29. The molecule has 3 N–H and O–H groups in total. The zero-order chi connectivity index (χ0) is 10.9. The first kappa shape index (κ1) is 11.8. The van der Waals surface area contributed by atoms with Crippen molar-refractivity contribution < 1.29 is 5.11 Å². The Morgan fingerprint density at radius 3 is 2.47 bits per heavy atom. The number of rotatable bonds is 7. The third-order valence-electron chi connectivity index (χ3n) is 1.98. The fourth-order valence-electron chi connectivity index (χ4n) is 1.21. The molecule has 1 rings (SSSR count). The number of aliphatic hydroxyl groups is 1. The number of pyridine rings is 1. The summed E-state index contributed by atoms with van der Waals surface area (Å²) in [6.45, 7) is 4.08. The summed E-state index contributed by atoms with van der Waals surface area (Å²) in [5.41, 5.74) is 2.02. The van der Waals surface area contributed by atoms with Gasteiger partial charge in [-0.2, -0.15) is 0 Å². The van der Waals surface area contributed by atoms with Crippen molar-refractivity contribution in [2.45, 2.75) is 19.8 Å². The summed E-state index contributed by atoms with van der Waals surface area (Å²) in [4.78, 5) is 4.13. The van der Waals surface area contributed by atoms with Crippen LogP contribution in [0.5, 0.6) is 0 Å². The van der Waals surface area contributed by atoms with Crippen LogP contribution < -0.4 is 10.6 Å². The molecule has 0 saturated heterocycles. The van der Waals surface area contributed by atoms with Crippen LogP contribution in [0.1, 0.15) is 19.8 Å². The molecule has 84 valence electrons. The Labute approximate surface area is 90.7 Å². The Morgan fingerprint density at radius 1 is 1.20 bits per heavy atom. The van der Waals surface area contributed by atoms with E-state index in [0.717, 1.165) is 37.3 Å². The van der Waals surface area contributed by atoms with E-state index in [0.29, 0.717) is 0 Å². The number of nitrogens with zero attached hydrogens (tertiary/aromatic N) is 1. The summed E-state index contributed by atoms with van der Waals surface area (Å²) in [6, 6.07) is 2.03. The van der Waals surface area contributed by atoms with E-state index in [9.17, 15) is 0 Å². The normalized spacial score (nSPS) is 10.0. The largest absolute Gasteiger partial charge is 0.396 e. The first-order chi connectivity index (χ1) is 7.36. The molecule has 0 aliphatic heterocycles. The van der Waals surface area contributed by atoms with Crippen LogP contribution in [0.15, 0.2) is 18.5 Å². The van der Waals surface area contributed by atoms with Gasteiger partial charge in [-0.1, -0.05) is 6.92 Å². The summed E-state index contributed by atoms with van der Waals surface area (Å²) in [5.74, 6) is 0. The van der Waals surface area contributed by atoms with Gasteiger partial charge in [-0.3, -0.25) is 4.98 Å². The number of aliphatic hydroxyl groups excluding tert-OH is 1. The lowest BCUT2D eigenvalue weighted by molar-refractivity contribution is 0.292. The summed E-state index contributed by atoms with van der Waals surface area (Å²) < 4.78 is 0. The predicted octanol–water partition coefficient (Wildman–Crippen LogP) is 1.70. The lowest BCUT2D eigenvalue weighted by Gasteiger charge is -2.08. The first-order valence-corrected chi connectivity index (χ1v) is 5.40. The van der Waals surface area contributed by atoms with Crippen molar-refractivity contribution in [2.75, 3.05) is 30.3 Å². The van der Waals surface area contributed by atoms with Gasteiger partial charge in [0, 0.05) is 19.7 Å². The van der Waals surface area contributed by atoms with Crippen molar-refractivity contribution in [1.82, 2.24) is 4.98 Å². The van der Waals surface area contributed by atoms with Gasteiger partial charge in [-0.15, -0.1) is 0 Å². The van der Waals surface area contributed by atoms with E-state index >= 15 is 0 Å². The Bertz CT molecular complexity index is 278. The second kappa shape index (κ2) is 7.06. The second-order valence-electron chi connectivity index (χ2n) is 3.39. The minimum atomic E-state index is 0.216. The van der Waals surface area contributed by atoms with Crippen molar-refractivity contribution in [3.63, 3.8) is 0 Å². The molecule has 0 bridgehead atoms. The van der Waals surface area contributed by atoms with Crippen molar-refractivity contribution in [2.24, 2.45) is 0 Å². The van der Waals surface area contributed by atoms with Gasteiger partial charge in [-0.25, -0.2) is 0 Å². The van der Waals surface area contributed by atoms with E-state index in [1.165, 1.54) is 0 Å². The van der Waals surface area contributed by atoms with Gasteiger partial charge in [0.05, 0.1) is 23.8 Å². The molecule has 1 heterocycles. The molecule has 0 spiro atoms. The zero-order valence-electron chi connectivity index (χ0n) is 9.16. The van der Waals surface area contributed by atoms with Crippen LogP contribution in [0.25, 0.3) is 0 Å². The number of anilines is 2. The molecule has 4 nitrogen and oxygen atoms in total. The average Bonchev–Trinajstić information content (AvgIpc) is 2.27. The number of nitrogens with one attached hydrogen (secondary N) is 2. The predicted molar refractivity (Wildman–Crippen MR) is 63.2 cm³/mol.